The molecule has 0 radical (unpaired) electrons. The second-order valence-electron chi connectivity index (χ2n) is 9.72. The van der Waals surface area contributed by atoms with E-state index in [1.54, 1.807) is 42.0 Å². The summed E-state index contributed by atoms with van der Waals surface area (Å²) in [4.78, 5) is 53.3. The molecule has 0 saturated carbocycles. The zero-order valence-electron chi connectivity index (χ0n) is 24.2. The van der Waals surface area contributed by atoms with Crippen molar-refractivity contribution in [1.29, 1.82) is 0 Å². The first-order valence-corrected chi connectivity index (χ1v) is 13.8. The molecule has 1 aliphatic heterocycles. The second kappa shape index (κ2) is 13.3. The molecule has 4 rings (SSSR count). The van der Waals surface area contributed by atoms with Crippen molar-refractivity contribution in [2.24, 2.45) is 0 Å². The normalized spacial score (nSPS) is 14.9. The van der Waals surface area contributed by atoms with Gasteiger partial charge in [0, 0.05) is 37.3 Å². The molecule has 1 unspecified atom stereocenters. The van der Waals surface area contributed by atoms with Gasteiger partial charge in [-0.2, -0.15) is 0 Å². The minimum Gasteiger partial charge on any atom is -0.497 e. The average molecular weight is 561 g/mol. The molecule has 0 spiro atoms. The largest absolute Gasteiger partial charge is 0.497 e. The standard InChI is InChI=1S/C31H36N4O6/c1-6-11-24-26(31(38)41-7-2)27(33-28(32-24)21-12-9-8-10-13-21)30(37)34-16-17-35(20(3)19-34)29(36)23-15-14-22(39-4)18-25(23)40-5/h8-10,12-15,18,20H,6-7,11,16-17,19H2,1-5H3. The van der Waals surface area contributed by atoms with Crippen molar-refractivity contribution in [2.75, 3.05) is 40.5 Å². The van der Waals surface area contributed by atoms with E-state index >= 15 is 0 Å². The molecule has 10 nitrogen and oxygen atoms in total. The highest BCUT2D eigenvalue weighted by atomic mass is 16.5. The van der Waals surface area contributed by atoms with Crippen LogP contribution in [-0.4, -0.2) is 84.1 Å². The lowest BCUT2D eigenvalue weighted by atomic mass is 10.0. The van der Waals surface area contributed by atoms with Crippen LogP contribution in [0.25, 0.3) is 11.4 Å². The van der Waals surface area contributed by atoms with Crippen molar-refractivity contribution in [2.45, 2.75) is 39.7 Å². The highest BCUT2D eigenvalue weighted by molar-refractivity contribution is 6.05. The van der Waals surface area contributed by atoms with Gasteiger partial charge in [0.15, 0.2) is 5.82 Å². The molecule has 1 atom stereocenters. The third-order valence-electron chi connectivity index (χ3n) is 7.00. The van der Waals surface area contributed by atoms with Crippen LogP contribution in [0.15, 0.2) is 48.5 Å². The number of benzene rings is 2. The van der Waals surface area contributed by atoms with Crippen LogP contribution in [0.1, 0.15) is 64.1 Å². The number of hydrogen-bond donors (Lipinski definition) is 0. The van der Waals surface area contributed by atoms with Gasteiger partial charge in [-0.05, 0) is 32.4 Å². The molecule has 1 aliphatic rings. The number of methoxy groups -OCH3 is 2. The van der Waals surface area contributed by atoms with Crippen LogP contribution in [0.4, 0.5) is 0 Å². The molecule has 2 amide bonds. The van der Waals surface area contributed by atoms with Crippen LogP contribution in [0, 0.1) is 0 Å². The Morgan fingerprint density at radius 2 is 1.71 bits per heavy atom. The molecule has 1 fully saturated rings. The summed E-state index contributed by atoms with van der Waals surface area (Å²) in [5.41, 5.74) is 1.76. The van der Waals surface area contributed by atoms with Crippen molar-refractivity contribution in [3.63, 3.8) is 0 Å². The number of amides is 2. The van der Waals surface area contributed by atoms with E-state index in [1.165, 1.54) is 7.11 Å². The maximum absolute atomic E-state index is 14.0. The minimum absolute atomic E-state index is 0.0181. The molecule has 10 heteroatoms. The Labute approximate surface area is 240 Å². The second-order valence-corrected chi connectivity index (χ2v) is 9.72. The number of carbonyl (C=O) groups excluding carboxylic acids is 3. The maximum atomic E-state index is 14.0. The van der Waals surface area contributed by atoms with Gasteiger partial charge in [0.2, 0.25) is 0 Å². The number of hydrogen-bond acceptors (Lipinski definition) is 8. The maximum Gasteiger partial charge on any atom is 0.342 e. The van der Waals surface area contributed by atoms with Gasteiger partial charge in [-0.15, -0.1) is 0 Å². The molecule has 0 aliphatic carbocycles. The van der Waals surface area contributed by atoms with Crippen LogP contribution >= 0.6 is 0 Å². The average Bonchev–Trinajstić information content (AvgIpc) is 3.00. The van der Waals surface area contributed by atoms with Gasteiger partial charge < -0.3 is 24.0 Å². The molecule has 0 N–H and O–H groups in total. The predicted molar refractivity (Wildman–Crippen MR) is 153 cm³/mol. The minimum atomic E-state index is -0.618. The molecule has 0 bridgehead atoms. The lowest BCUT2D eigenvalue weighted by Crippen LogP contribution is -2.55. The summed E-state index contributed by atoms with van der Waals surface area (Å²) >= 11 is 0. The summed E-state index contributed by atoms with van der Waals surface area (Å²) in [6.07, 6.45) is 1.21. The van der Waals surface area contributed by atoms with Crippen molar-refractivity contribution in [1.82, 2.24) is 19.8 Å². The third kappa shape index (κ3) is 6.32. The topological polar surface area (TPSA) is 111 Å². The molecule has 3 aromatic rings. The lowest BCUT2D eigenvalue weighted by Gasteiger charge is -2.40. The number of piperazine rings is 1. The third-order valence-corrected chi connectivity index (χ3v) is 7.00. The number of aromatic nitrogens is 2. The molecular weight excluding hydrogens is 524 g/mol. The molecule has 1 aromatic heterocycles. The fraction of sp³-hybridized carbons (Fsp3) is 0.387. The van der Waals surface area contributed by atoms with Gasteiger partial charge in [-0.25, -0.2) is 14.8 Å². The van der Waals surface area contributed by atoms with E-state index in [9.17, 15) is 14.4 Å². The summed E-state index contributed by atoms with van der Waals surface area (Å²) in [5.74, 6) is 0.158. The van der Waals surface area contributed by atoms with E-state index in [0.29, 0.717) is 41.5 Å². The monoisotopic (exact) mass is 560 g/mol. The van der Waals surface area contributed by atoms with E-state index in [0.717, 1.165) is 12.0 Å². The molecule has 1 saturated heterocycles. The zero-order chi connectivity index (χ0) is 29.5. The van der Waals surface area contributed by atoms with Crippen molar-refractivity contribution in [3.05, 3.63) is 71.0 Å². The molecule has 2 aromatic carbocycles. The van der Waals surface area contributed by atoms with E-state index in [2.05, 4.69) is 9.97 Å². The Balaban J connectivity index is 1.66. The van der Waals surface area contributed by atoms with E-state index in [4.69, 9.17) is 14.2 Å². The number of nitrogens with zero attached hydrogens (tertiary/aromatic N) is 4. The number of esters is 1. The SMILES string of the molecule is CCCc1nc(-c2ccccc2)nc(C(=O)N2CCN(C(=O)c3ccc(OC)cc3OC)C(C)C2)c1C(=O)OCC. The highest BCUT2D eigenvalue weighted by Gasteiger charge is 2.35. The first-order chi connectivity index (χ1) is 19.8. The first kappa shape index (κ1) is 29.5. The summed E-state index contributed by atoms with van der Waals surface area (Å²) in [6, 6.07) is 14.1. The zero-order valence-corrected chi connectivity index (χ0v) is 24.2. The summed E-state index contributed by atoms with van der Waals surface area (Å²) in [5, 5.41) is 0. The van der Waals surface area contributed by atoms with Gasteiger partial charge >= 0.3 is 5.97 Å². The van der Waals surface area contributed by atoms with Gasteiger partial charge in [0.1, 0.15) is 22.8 Å². The molecular formula is C31H36N4O6. The Bertz CT molecular complexity index is 1410. The van der Waals surface area contributed by atoms with Crippen molar-refractivity contribution < 1.29 is 28.6 Å². The molecule has 216 valence electrons. The van der Waals surface area contributed by atoms with Crippen LogP contribution in [0.5, 0.6) is 11.5 Å². The van der Waals surface area contributed by atoms with Gasteiger partial charge in [-0.1, -0.05) is 43.7 Å². The lowest BCUT2D eigenvalue weighted by molar-refractivity contribution is 0.0404. The fourth-order valence-corrected chi connectivity index (χ4v) is 4.94. The van der Waals surface area contributed by atoms with E-state index in [1.807, 2.05) is 44.2 Å². The number of aryl methyl sites for hydroxylation is 1. The van der Waals surface area contributed by atoms with Crippen LogP contribution < -0.4 is 9.47 Å². The van der Waals surface area contributed by atoms with Crippen molar-refractivity contribution in [3.8, 4) is 22.9 Å². The number of carbonyl (C=O) groups is 3. The molecule has 2 heterocycles. The summed E-state index contributed by atoms with van der Waals surface area (Å²) < 4.78 is 16.0. The van der Waals surface area contributed by atoms with Gasteiger partial charge in [-0.3, -0.25) is 9.59 Å². The van der Waals surface area contributed by atoms with Crippen LogP contribution in [-0.2, 0) is 11.2 Å². The van der Waals surface area contributed by atoms with Crippen LogP contribution in [0.3, 0.4) is 0 Å². The molecule has 41 heavy (non-hydrogen) atoms. The summed E-state index contributed by atoms with van der Waals surface area (Å²) in [7, 11) is 3.05. The Morgan fingerprint density at radius 1 is 0.951 bits per heavy atom. The van der Waals surface area contributed by atoms with E-state index in [-0.39, 0.29) is 42.9 Å². The predicted octanol–water partition coefficient (Wildman–Crippen LogP) is 4.28. The quantitative estimate of drug-likeness (QED) is 0.357. The highest BCUT2D eigenvalue weighted by Crippen LogP contribution is 2.28. The smallest absolute Gasteiger partial charge is 0.342 e. The Morgan fingerprint density at radius 3 is 2.34 bits per heavy atom. The summed E-state index contributed by atoms with van der Waals surface area (Å²) in [6.45, 7) is 6.57. The van der Waals surface area contributed by atoms with Gasteiger partial charge in [0.25, 0.3) is 11.8 Å². The van der Waals surface area contributed by atoms with E-state index < -0.39 is 11.9 Å². The van der Waals surface area contributed by atoms with Crippen LogP contribution in [0.2, 0.25) is 0 Å². The number of ether oxygens (including phenoxy) is 3. The number of rotatable bonds is 9. The van der Waals surface area contributed by atoms with Crippen molar-refractivity contribution >= 4 is 17.8 Å². The Kier molecular flexibility index (Phi) is 9.54. The Hall–Kier alpha value is -4.47. The fourth-order valence-electron chi connectivity index (χ4n) is 4.94. The first-order valence-electron chi connectivity index (χ1n) is 13.8. The van der Waals surface area contributed by atoms with Gasteiger partial charge in [0.05, 0.1) is 32.1 Å².